The first-order chi connectivity index (χ1) is 8.32. The van der Waals surface area contributed by atoms with Crippen molar-refractivity contribution in [3.63, 3.8) is 0 Å². The largest absolute Gasteiger partial charge is 0.417 e. The van der Waals surface area contributed by atoms with Crippen LogP contribution in [0.25, 0.3) is 11.0 Å². The van der Waals surface area contributed by atoms with Gasteiger partial charge in [0.1, 0.15) is 0 Å². The molecule has 0 aliphatic carbocycles. The van der Waals surface area contributed by atoms with Crippen LogP contribution in [0, 0.1) is 11.3 Å². The highest BCUT2D eigenvalue weighted by Crippen LogP contribution is 2.33. The molecule has 2 aromatic rings. The van der Waals surface area contributed by atoms with E-state index in [9.17, 15) is 22.8 Å². The van der Waals surface area contributed by atoms with Crippen molar-refractivity contribution < 1.29 is 13.2 Å². The van der Waals surface area contributed by atoms with E-state index in [2.05, 4.69) is 4.98 Å². The van der Waals surface area contributed by atoms with Crippen molar-refractivity contribution in [1.82, 2.24) is 9.97 Å². The van der Waals surface area contributed by atoms with Gasteiger partial charge in [-0.1, -0.05) is 0 Å². The number of nitriles is 1. The molecule has 0 fully saturated rings. The Labute approximate surface area is 96.5 Å². The summed E-state index contributed by atoms with van der Waals surface area (Å²) in [6, 6.07) is 2.88. The number of H-pyrrole nitrogens is 2. The monoisotopic (exact) mass is 255 g/mol. The Kier molecular flexibility index (Phi) is 2.47. The summed E-state index contributed by atoms with van der Waals surface area (Å²) in [7, 11) is 0. The number of alkyl halides is 3. The van der Waals surface area contributed by atoms with Crippen molar-refractivity contribution in [2.75, 3.05) is 0 Å². The number of benzene rings is 1. The number of nitrogens with zero attached hydrogens (tertiary/aromatic N) is 1. The number of fused-ring (bicyclic) bond motifs is 1. The lowest BCUT2D eigenvalue weighted by molar-refractivity contribution is -0.137. The number of nitrogens with one attached hydrogen (secondary N) is 2. The van der Waals surface area contributed by atoms with Gasteiger partial charge in [-0.15, -0.1) is 0 Å². The fourth-order valence-corrected chi connectivity index (χ4v) is 1.49. The Morgan fingerprint density at radius 3 is 2.00 bits per heavy atom. The Hall–Kier alpha value is -2.56. The van der Waals surface area contributed by atoms with Crippen LogP contribution in [0.2, 0.25) is 0 Å². The second-order valence-corrected chi connectivity index (χ2v) is 3.46. The molecule has 92 valence electrons. The van der Waals surface area contributed by atoms with Gasteiger partial charge in [0.05, 0.1) is 28.2 Å². The molecule has 0 radical (unpaired) electrons. The number of hydrogen-bond donors (Lipinski definition) is 2. The topological polar surface area (TPSA) is 89.5 Å². The molecule has 0 atom stereocenters. The normalized spacial score (nSPS) is 11.4. The molecule has 2 N–H and O–H groups in total. The number of rotatable bonds is 0. The molecule has 0 saturated heterocycles. The van der Waals surface area contributed by atoms with Crippen LogP contribution in [-0.4, -0.2) is 9.97 Å². The van der Waals surface area contributed by atoms with Gasteiger partial charge < -0.3 is 9.97 Å². The zero-order valence-electron chi connectivity index (χ0n) is 8.55. The minimum atomic E-state index is -4.72. The minimum Gasteiger partial charge on any atom is -0.316 e. The summed E-state index contributed by atoms with van der Waals surface area (Å²) in [5.74, 6) is 0. The lowest BCUT2D eigenvalue weighted by Crippen LogP contribution is -2.29. The average molecular weight is 255 g/mol. The Bertz CT molecular complexity index is 780. The highest BCUT2D eigenvalue weighted by atomic mass is 19.4. The molecule has 5 nitrogen and oxygen atoms in total. The maximum Gasteiger partial charge on any atom is 0.417 e. The molecule has 0 spiro atoms. The number of aromatic amines is 2. The Balaban J connectivity index is 2.91. The first kappa shape index (κ1) is 11.9. The van der Waals surface area contributed by atoms with Gasteiger partial charge in [0, 0.05) is 0 Å². The van der Waals surface area contributed by atoms with E-state index in [4.69, 9.17) is 5.26 Å². The molecule has 1 aromatic carbocycles. The van der Waals surface area contributed by atoms with E-state index in [0.29, 0.717) is 6.07 Å². The van der Waals surface area contributed by atoms with Gasteiger partial charge in [-0.2, -0.15) is 18.4 Å². The summed E-state index contributed by atoms with van der Waals surface area (Å²) in [6.07, 6.45) is -4.72. The first-order valence-corrected chi connectivity index (χ1v) is 4.60. The predicted octanol–water partition coefficient (Wildman–Crippen LogP) is 1.11. The van der Waals surface area contributed by atoms with E-state index < -0.39 is 28.4 Å². The predicted molar refractivity (Wildman–Crippen MR) is 54.9 cm³/mol. The number of hydrogen-bond acceptors (Lipinski definition) is 3. The Morgan fingerprint density at radius 1 is 1.06 bits per heavy atom. The molecule has 1 heterocycles. The van der Waals surface area contributed by atoms with Crippen LogP contribution < -0.4 is 11.1 Å². The molecule has 18 heavy (non-hydrogen) atoms. The van der Waals surface area contributed by atoms with Gasteiger partial charge in [0.2, 0.25) is 0 Å². The summed E-state index contributed by atoms with van der Waals surface area (Å²) in [6.45, 7) is 0. The van der Waals surface area contributed by atoms with Crippen molar-refractivity contribution in [1.29, 1.82) is 5.26 Å². The molecule has 0 aliphatic rings. The molecule has 0 unspecified atom stereocenters. The molecule has 2 rings (SSSR count). The molecule has 0 saturated carbocycles. The summed E-state index contributed by atoms with van der Waals surface area (Å²) >= 11 is 0. The number of halogens is 3. The molecule has 8 heteroatoms. The van der Waals surface area contributed by atoms with E-state index in [0.717, 1.165) is 6.07 Å². The summed E-state index contributed by atoms with van der Waals surface area (Å²) in [5, 5.41) is 8.65. The van der Waals surface area contributed by atoms with Gasteiger partial charge in [-0.3, -0.25) is 9.59 Å². The van der Waals surface area contributed by atoms with Crippen molar-refractivity contribution in [3.8, 4) is 6.07 Å². The smallest absolute Gasteiger partial charge is 0.316 e. The van der Waals surface area contributed by atoms with Crippen LogP contribution in [0.3, 0.4) is 0 Å². The third-order valence-electron chi connectivity index (χ3n) is 2.29. The Morgan fingerprint density at radius 2 is 1.56 bits per heavy atom. The highest BCUT2D eigenvalue weighted by Gasteiger charge is 2.34. The van der Waals surface area contributed by atoms with Crippen LogP contribution in [-0.2, 0) is 6.18 Å². The maximum atomic E-state index is 12.6. The van der Waals surface area contributed by atoms with E-state index >= 15 is 0 Å². The zero-order valence-corrected chi connectivity index (χ0v) is 8.55. The molecular weight excluding hydrogens is 251 g/mol. The first-order valence-electron chi connectivity index (χ1n) is 4.60. The van der Waals surface area contributed by atoms with Crippen molar-refractivity contribution in [2.45, 2.75) is 6.18 Å². The second-order valence-electron chi connectivity index (χ2n) is 3.46. The summed E-state index contributed by atoms with van der Waals surface area (Å²) < 4.78 is 37.9. The van der Waals surface area contributed by atoms with E-state index in [1.807, 2.05) is 4.98 Å². The van der Waals surface area contributed by atoms with Gasteiger partial charge in [-0.05, 0) is 12.1 Å². The SMILES string of the molecule is N#Cc1cc2[nH]c(=O)c(=O)[nH]c2cc1C(F)(F)F. The molecule has 0 bridgehead atoms. The fraction of sp³-hybridized carbons (Fsp3) is 0.100. The third-order valence-corrected chi connectivity index (χ3v) is 2.29. The van der Waals surface area contributed by atoms with E-state index in [1.165, 1.54) is 6.07 Å². The lowest BCUT2D eigenvalue weighted by Gasteiger charge is -2.09. The van der Waals surface area contributed by atoms with Gasteiger partial charge in [0.25, 0.3) is 0 Å². The van der Waals surface area contributed by atoms with Crippen LogP contribution in [0.15, 0.2) is 21.7 Å². The van der Waals surface area contributed by atoms with Gasteiger partial charge >= 0.3 is 17.3 Å². The highest BCUT2D eigenvalue weighted by molar-refractivity contribution is 5.77. The second kappa shape index (κ2) is 3.73. The average Bonchev–Trinajstić information content (AvgIpc) is 2.28. The quantitative estimate of drug-likeness (QED) is 0.691. The standard InChI is InChI=1S/C10H4F3N3O2/c11-10(12,13)5-2-7-6(1-4(5)3-14)15-8(17)9(18)16-7/h1-2H,(H,15,17)(H,16,18). The van der Waals surface area contributed by atoms with Crippen LogP contribution in [0.4, 0.5) is 13.2 Å². The molecule has 0 aliphatic heterocycles. The summed E-state index contributed by atoms with van der Waals surface area (Å²) in [5.41, 5.74) is -4.07. The summed E-state index contributed by atoms with van der Waals surface area (Å²) in [4.78, 5) is 26.1. The van der Waals surface area contributed by atoms with Gasteiger partial charge in [-0.25, -0.2) is 0 Å². The van der Waals surface area contributed by atoms with E-state index in [-0.39, 0.29) is 11.0 Å². The molecule has 0 amide bonds. The lowest BCUT2D eigenvalue weighted by atomic mass is 10.1. The van der Waals surface area contributed by atoms with E-state index in [1.54, 1.807) is 0 Å². The molecule has 1 aromatic heterocycles. The van der Waals surface area contributed by atoms with Crippen LogP contribution in [0.5, 0.6) is 0 Å². The van der Waals surface area contributed by atoms with Crippen molar-refractivity contribution >= 4 is 11.0 Å². The minimum absolute atomic E-state index is 0.0378. The molecular formula is C10H4F3N3O2. The maximum absolute atomic E-state index is 12.6. The van der Waals surface area contributed by atoms with Crippen molar-refractivity contribution in [3.05, 3.63) is 44.0 Å². The van der Waals surface area contributed by atoms with Crippen LogP contribution in [0.1, 0.15) is 11.1 Å². The number of aromatic nitrogens is 2. The van der Waals surface area contributed by atoms with Crippen LogP contribution >= 0.6 is 0 Å². The van der Waals surface area contributed by atoms with Crippen molar-refractivity contribution in [2.24, 2.45) is 0 Å². The third kappa shape index (κ3) is 1.86. The van der Waals surface area contributed by atoms with Gasteiger partial charge in [0.15, 0.2) is 0 Å². The fourth-order valence-electron chi connectivity index (χ4n) is 1.49. The zero-order chi connectivity index (χ0) is 13.5.